The first-order valence-corrected chi connectivity index (χ1v) is 4.29. The smallest absolute Gasteiger partial charge is 0.136 e. The van der Waals surface area contributed by atoms with Crippen LogP contribution in [0.25, 0.3) is 5.57 Å². The lowest BCUT2D eigenvalue weighted by Crippen LogP contribution is -2.12. The monoisotopic (exact) mass is 180 g/mol. The van der Waals surface area contributed by atoms with Crippen LogP contribution in [-0.4, -0.2) is 14.9 Å². The highest BCUT2D eigenvalue weighted by molar-refractivity contribution is 5.64. The van der Waals surface area contributed by atoms with E-state index >= 15 is 0 Å². The molecule has 0 spiro atoms. The lowest BCUT2D eigenvalue weighted by Gasteiger charge is -2.21. The molecule has 1 heterocycles. The molecule has 13 heavy (non-hydrogen) atoms. The highest BCUT2D eigenvalue weighted by Crippen LogP contribution is 2.31. The predicted octanol–water partition coefficient (Wildman–Crippen LogP) is 1.89. The Hall–Kier alpha value is -1.09. The maximum atomic E-state index is 8.98. The van der Waals surface area contributed by atoms with Crippen molar-refractivity contribution in [3.8, 4) is 0 Å². The summed E-state index contributed by atoms with van der Waals surface area (Å²) in [5.74, 6) is 0. The van der Waals surface area contributed by atoms with E-state index in [0.29, 0.717) is 0 Å². The van der Waals surface area contributed by atoms with Crippen molar-refractivity contribution in [1.82, 2.24) is 9.78 Å². The maximum Gasteiger partial charge on any atom is 0.136 e. The molecular weight excluding hydrogens is 164 g/mol. The third-order valence-corrected chi connectivity index (χ3v) is 2.07. The van der Waals surface area contributed by atoms with Crippen molar-refractivity contribution in [2.75, 3.05) is 0 Å². The summed E-state index contributed by atoms with van der Waals surface area (Å²) in [7, 11) is 0. The Bertz CT molecular complexity index is 307. The molecule has 72 valence electrons. The SMILES string of the molecule is C=C(c1ccnn1CO)C(C)(C)C. The molecule has 0 saturated heterocycles. The fraction of sp³-hybridized carbons (Fsp3) is 0.500. The lowest BCUT2D eigenvalue weighted by molar-refractivity contribution is 0.193. The molecule has 0 atom stereocenters. The van der Waals surface area contributed by atoms with Crippen molar-refractivity contribution in [2.24, 2.45) is 5.41 Å². The molecule has 0 aromatic carbocycles. The van der Waals surface area contributed by atoms with Gasteiger partial charge in [0.05, 0.1) is 5.69 Å². The summed E-state index contributed by atoms with van der Waals surface area (Å²) < 4.78 is 1.54. The van der Waals surface area contributed by atoms with Crippen molar-refractivity contribution < 1.29 is 5.11 Å². The number of rotatable bonds is 2. The van der Waals surface area contributed by atoms with Crippen LogP contribution < -0.4 is 0 Å². The van der Waals surface area contributed by atoms with Crippen LogP contribution in [0.5, 0.6) is 0 Å². The van der Waals surface area contributed by atoms with Gasteiger partial charge in [-0.25, -0.2) is 4.68 Å². The van der Waals surface area contributed by atoms with E-state index in [1.807, 2.05) is 6.07 Å². The average Bonchev–Trinajstić information content (AvgIpc) is 2.48. The zero-order valence-electron chi connectivity index (χ0n) is 8.41. The fourth-order valence-corrected chi connectivity index (χ4v) is 1.09. The van der Waals surface area contributed by atoms with Gasteiger partial charge in [-0.15, -0.1) is 0 Å². The van der Waals surface area contributed by atoms with Gasteiger partial charge in [-0.05, 0) is 17.1 Å². The number of hydrogen-bond donors (Lipinski definition) is 1. The molecule has 3 nitrogen and oxygen atoms in total. The second kappa shape index (κ2) is 3.34. The van der Waals surface area contributed by atoms with Crippen molar-refractivity contribution >= 4 is 5.57 Å². The molecule has 0 aliphatic heterocycles. The largest absolute Gasteiger partial charge is 0.374 e. The molecule has 0 amide bonds. The summed E-state index contributed by atoms with van der Waals surface area (Å²) in [5.41, 5.74) is 1.89. The Labute approximate surface area is 78.7 Å². The highest BCUT2D eigenvalue weighted by Gasteiger charge is 2.19. The van der Waals surface area contributed by atoms with Gasteiger partial charge >= 0.3 is 0 Å². The van der Waals surface area contributed by atoms with Crippen LogP contribution in [0, 0.1) is 5.41 Å². The normalized spacial score (nSPS) is 11.7. The van der Waals surface area contributed by atoms with E-state index < -0.39 is 0 Å². The zero-order valence-corrected chi connectivity index (χ0v) is 8.41. The zero-order chi connectivity index (χ0) is 10.1. The minimum absolute atomic E-state index is 0.00690. The van der Waals surface area contributed by atoms with Gasteiger partial charge in [-0.2, -0.15) is 5.10 Å². The van der Waals surface area contributed by atoms with Crippen molar-refractivity contribution in [1.29, 1.82) is 0 Å². The summed E-state index contributed by atoms with van der Waals surface area (Å²) in [6.45, 7) is 10.2. The Morgan fingerprint density at radius 2 is 2.23 bits per heavy atom. The van der Waals surface area contributed by atoms with E-state index in [4.69, 9.17) is 5.11 Å². The standard InChI is InChI=1S/C10H16N2O/c1-8(10(2,3)4)9-5-6-11-12(9)7-13/h5-6,13H,1,7H2,2-4H3. The van der Waals surface area contributed by atoms with Crippen LogP contribution in [-0.2, 0) is 6.73 Å². The Kier molecular flexibility index (Phi) is 2.57. The second-order valence-electron chi connectivity index (χ2n) is 4.09. The van der Waals surface area contributed by atoms with Gasteiger partial charge in [0.2, 0.25) is 0 Å². The molecule has 1 rings (SSSR count). The predicted molar refractivity (Wildman–Crippen MR) is 52.9 cm³/mol. The maximum absolute atomic E-state index is 8.98. The van der Waals surface area contributed by atoms with Crippen LogP contribution in [0.15, 0.2) is 18.8 Å². The number of hydrogen-bond acceptors (Lipinski definition) is 2. The lowest BCUT2D eigenvalue weighted by atomic mass is 9.86. The molecule has 0 unspecified atom stereocenters. The molecule has 1 aromatic rings. The Balaban J connectivity index is 3.02. The van der Waals surface area contributed by atoms with Crippen molar-refractivity contribution in [3.05, 3.63) is 24.5 Å². The van der Waals surface area contributed by atoms with Gasteiger partial charge < -0.3 is 5.11 Å². The minimum atomic E-state index is -0.0998. The third-order valence-electron chi connectivity index (χ3n) is 2.07. The summed E-state index contributed by atoms with van der Waals surface area (Å²) >= 11 is 0. The van der Waals surface area contributed by atoms with Gasteiger partial charge in [0.1, 0.15) is 6.73 Å². The molecule has 1 N–H and O–H groups in total. The number of aliphatic hydroxyl groups is 1. The molecule has 0 bridgehead atoms. The van der Waals surface area contributed by atoms with E-state index in [2.05, 4.69) is 32.4 Å². The van der Waals surface area contributed by atoms with Gasteiger partial charge in [-0.3, -0.25) is 0 Å². The third kappa shape index (κ3) is 1.98. The second-order valence-corrected chi connectivity index (χ2v) is 4.09. The summed E-state index contributed by atoms with van der Waals surface area (Å²) in [4.78, 5) is 0. The number of nitrogens with zero attached hydrogens (tertiary/aromatic N) is 2. The van der Waals surface area contributed by atoms with Crippen LogP contribution in [0.4, 0.5) is 0 Å². The van der Waals surface area contributed by atoms with Crippen molar-refractivity contribution in [3.63, 3.8) is 0 Å². The number of allylic oxidation sites excluding steroid dienone is 1. The van der Waals surface area contributed by atoms with Crippen LogP contribution >= 0.6 is 0 Å². The molecule has 0 aliphatic carbocycles. The Morgan fingerprint density at radius 1 is 1.62 bits per heavy atom. The summed E-state index contributed by atoms with van der Waals surface area (Å²) in [6, 6.07) is 1.86. The summed E-state index contributed by atoms with van der Waals surface area (Å²) in [5, 5.41) is 13.0. The first kappa shape index (κ1) is 9.99. The van der Waals surface area contributed by atoms with Crippen LogP contribution in [0.2, 0.25) is 0 Å². The fourth-order valence-electron chi connectivity index (χ4n) is 1.09. The van der Waals surface area contributed by atoms with Crippen molar-refractivity contribution in [2.45, 2.75) is 27.5 Å². The number of aliphatic hydroxyl groups excluding tert-OH is 1. The van der Waals surface area contributed by atoms with E-state index in [0.717, 1.165) is 11.3 Å². The average molecular weight is 180 g/mol. The van der Waals surface area contributed by atoms with Crippen LogP contribution in [0.3, 0.4) is 0 Å². The van der Waals surface area contributed by atoms with Gasteiger partial charge in [0.25, 0.3) is 0 Å². The topological polar surface area (TPSA) is 38.0 Å². The highest BCUT2D eigenvalue weighted by atomic mass is 16.3. The molecule has 0 saturated carbocycles. The van der Waals surface area contributed by atoms with Gasteiger partial charge in [0.15, 0.2) is 0 Å². The van der Waals surface area contributed by atoms with Crippen LogP contribution in [0.1, 0.15) is 26.5 Å². The van der Waals surface area contributed by atoms with Gasteiger partial charge in [0, 0.05) is 6.20 Å². The molecular formula is C10H16N2O. The van der Waals surface area contributed by atoms with E-state index in [9.17, 15) is 0 Å². The first-order chi connectivity index (χ1) is 5.96. The van der Waals surface area contributed by atoms with Gasteiger partial charge in [-0.1, -0.05) is 27.4 Å². The molecule has 0 fully saturated rings. The molecule has 1 aromatic heterocycles. The molecule has 0 aliphatic rings. The summed E-state index contributed by atoms with van der Waals surface area (Å²) in [6.07, 6.45) is 1.67. The first-order valence-electron chi connectivity index (χ1n) is 4.29. The Morgan fingerprint density at radius 3 is 2.69 bits per heavy atom. The quantitative estimate of drug-likeness (QED) is 0.754. The van der Waals surface area contributed by atoms with E-state index in [1.165, 1.54) is 4.68 Å². The minimum Gasteiger partial charge on any atom is -0.374 e. The molecule has 0 radical (unpaired) electrons. The number of aromatic nitrogens is 2. The van der Waals surface area contributed by atoms with E-state index in [1.54, 1.807) is 6.20 Å². The molecule has 3 heteroatoms. The van der Waals surface area contributed by atoms with E-state index in [-0.39, 0.29) is 12.1 Å².